The van der Waals surface area contributed by atoms with Gasteiger partial charge < -0.3 is 4.90 Å². The summed E-state index contributed by atoms with van der Waals surface area (Å²) in [5.41, 5.74) is 3.35. The van der Waals surface area contributed by atoms with E-state index in [4.69, 9.17) is 5.26 Å². The third-order valence-electron chi connectivity index (χ3n) is 4.14. The minimum Gasteiger partial charge on any atom is -0.339 e. The number of anilines is 1. The van der Waals surface area contributed by atoms with Gasteiger partial charge in [0.1, 0.15) is 5.69 Å². The zero-order valence-corrected chi connectivity index (χ0v) is 17.3. The van der Waals surface area contributed by atoms with Gasteiger partial charge >= 0.3 is 0 Å². The fraction of sp³-hybridized carbons (Fsp3) is 0.190. The highest BCUT2D eigenvalue weighted by atomic mass is 32.2. The predicted octanol–water partition coefficient (Wildman–Crippen LogP) is 4.54. The second kappa shape index (κ2) is 9.40. The van der Waals surface area contributed by atoms with Crippen molar-refractivity contribution in [2.45, 2.75) is 20.0 Å². The van der Waals surface area contributed by atoms with Crippen LogP contribution < -0.4 is 9.62 Å². The molecule has 0 saturated carbocycles. The smallest absolute Gasteiger partial charge is 0.280 e. The van der Waals surface area contributed by atoms with Crippen molar-refractivity contribution in [3.63, 3.8) is 0 Å². The van der Waals surface area contributed by atoms with E-state index in [9.17, 15) is 4.79 Å². The second-order valence-electron chi connectivity index (χ2n) is 6.19. The summed E-state index contributed by atoms with van der Waals surface area (Å²) in [6.45, 7) is 3.23. The van der Waals surface area contributed by atoms with E-state index in [0.717, 1.165) is 15.6 Å². The minimum absolute atomic E-state index is 0.175. The highest BCUT2D eigenvalue weighted by molar-refractivity contribution is 7.97. The first kappa shape index (κ1) is 19.9. The Morgan fingerprint density at radius 3 is 2.39 bits per heavy atom. The van der Waals surface area contributed by atoms with Crippen molar-refractivity contribution in [2.24, 2.45) is 0 Å². The van der Waals surface area contributed by atoms with Crippen LogP contribution in [0.15, 0.2) is 54.6 Å². The Labute approximate surface area is 173 Å². The summed E-state index contributed by atoms with van der Waals surface area (Å²) in [4.78, 5) is 19.9. The van der Waals surface area contributed by atoms with Crippen molar-refractivity contribution in [1.29, 1.82) is 5.26 Å². The van der Waals surface area contributed by atoms with Crippen LogP contribution in [0.2, 0.25) is 0 Å². The molecular weight excluding hydrogens is 388 g/mol. The number of rotatable bonds is 7. The van der Waals surface area contributed by atoms with Crippen LogP contribution in [-0.4, -0.2) is 17.1 Å². The molecule has 28 heavy (non-hydrogen) atoms. The summed E-state index contributed by atoms with van der Waals surface area (Å²) in [5, 5.41) is 9.81. The standard InChI is InChI=1S/C21H20N4OS2/c1-15-19(20(26)24-27-2)23-21(28-15)25(13-17-6-4-3-5-7-17)14-18-10-8-16(12-22)9-11-18/h3-11H,13-14H2,1-2H3,(H,24,26). The van der Waals surface area contributed by atoms with E-state index in [-0.39, 0.29) is 5.91 Å². The Bertz CT molecular complexity index is 978. The number of benzene rings is 2. The van der Waals surface area contributed by atoms with Crippen molar-refractivity contribution in [3.05, 3.63) is 81.9 Å². The predicted molar refractivity (Wildman–Crippen MR) is 115 cm³/mol. The molecule has 0 aliphatic rings. The summed E-state index contributed by atoms with van der Waals surface area (Å²) < 4.78 is 2.74. The molecule has 1 amide bonds. The van der Waals surface area contributed by atoms with Gasteiger partial charge in [0.25, 0.3) is 5.91 Å². The van der Waals surface area contributed by atoms with Crippen molar-refractivity contribution in [1.82, 2.24) is 9.71 Å². The maximum absolute atomic E-state index is 12.3. The maximum atomic E-state index is 12.3. The highest BCUT2D eigenvalue weighted by Gasteiger charge is 2.19. The van der Waals surface area contributed by atoms with E-state index in [0.29, 0.717) is 24.3 Å². The lowest BCUT2D eigenvalue weighted by Gasteiger charge is -2.22. The van der Waals surface area contributed by atoms with Gasteiger partial charge in [0.05, 0.1) is 11.6 Å². The maximum Gasteiger partial charge on any atom is 0.280 e. The normalized spacial score (nSPS) is 10.3. The van der Waals surface area contributed by atoms with Gasteiger partial charge in [-0.2, -0.15) is 5.26 Å². The average molecular weight is 409 g/mol. The van der Waals surface area contributed by atoms with E-state index in [1.54, 1.807) is 0 Å². The van der Waals surface area contributed by atoms with Gasteiger partial charge in [-0.1, -0.05) is 54.4 Å². The molecule has 0 atom stereocenters. The lowest BCUT2D eigenvalue weighted by Crippen LogP contribution is -2.22. The molecule has 1 heterocycles. The number of carbonyl (C=O) groups excluding carboxylic acids is 1. The summed E-state index contributed by atoms with van der Waals surface area (Å²) in [7, 11) is 0. The molecule has 0 saturated heterocycles. The number of hydrogen-bond acceptors (Lipinski definition) is 6. The number of thiazole rings is 1. The molecule has 0 fully saturated rings. The fourth-order valence-electron chi connectivity index (χ4n) is 2.77. The number of carbonyl (C=O) groups is 1. The third-order valence-corrected chi connectivity index (χ3v) is 5.56. The van der Waals surface area contributed by atoms with Gasteiger partial charge in [-0.3, -0.25) is 9.52 Å². The molecule has 0 aliphatic heterocycles. The molecule has 0 radical (unpaired) electrons. The van der Waals surface area contributed by atoms with Crippen molar-refractivity contribution >= 4 is 34.3 Å². The first-order valence-corrected chi connectivity index (χ1v) is 10.7. The summed E-state index contributed by atoms with van der Waals surface area (Å²) >= 11 is 2.78. The second-order valence-corrected chi connectivity index (χ2v) is 7.98. The Morgan fingerprint density at radius 1 is 1.14 bits per heavy atom. The molecule has 5 nitrogen and oxygen atoms in total. The molecule has 0 spiro atoms. The summed E-state index contributed by atoms with van der Waals surface area (Å²) in [6.07, 6.45) is 1.81. The average Bonchev–Trinajstić information content (AvgIpc) is 3.11. The van der Waals surface area contributed by atoms with Crippen LogP contribution in [0.25, 0.3) is 0 Å². The SMILES string of the molecule is CSNC(=O)c1nc(N(Cc2ccccc2)Cc2ccc(C#N)cc2)sc1C. The lowest BCUT2D eigenvalue weighted by atomic mass is 10.1. The molecule has 142 valence electrons. The number of nitriles is 1. The Kier molecular flexibility index (Phi) is 6.69. The van der Waals surface area contributed by atoms with Gasteiger partial charge in [-0.05, 0) is 30.2 Å². The zero-order valence-electron chi connectivity index (χ0n) is 15.7. The number of aryl methyl sites for hydroxylation is 1. The molecule has 7 heteroatoms. The van der Waals surface area contributed by atoms with Crippen LogP contribution >= 0.6 is 23.3 Å². The van der Waals surface area contributed by atoms with Gasteiger partial charge in [-0.15, -0.1) is 11.3 Å². The van der Waals surface area contributed by atoms with Crippen molar-refractivity contribution in [3.8, 4) is 6.07 Å². The summed E-state index contributed by atoms with van der Waals surface area (Å²) in [5.74, 6) is -0.175. The first-order valence-electron chi connectivity index (χ1n) is 8.69. The largest absolute Gasteiger partial charge is 0.339 e. The summed E-state index contributed by atoms with van der Waals surface area (Å²) in [6, 6.07) is 19.9. The van der Waals surface area contributed by atoms with E-state index < -0.39 is 0 Å². The number of nitrogens with zero attached hydrogens (tertiary/aromatic N) is 3. The van der Waals surface area contributed by atoms with E-state index in [1.807, 2.05) is 55.6 Å². The molecule has 3 aromatic rings. The molecule has 2 aromatic carbocycles. The van der Waals surface area contributed by atoms with Gasteiger partial charge in [0.2, 0.25) is 0 Å². The third kappa shape index (κ3) is 4.91. The van der Waals surface area contributed by atoms with Gasteiger partial charge in [0, 0.05) is 24.2 Å². The monoisotopic (exact) mass is 408 g/mol. The lowest BCUT2D eigenvalue weighted by molar-refractivity contribution is 0.0980. The first-order chi connectivity index (χ1) is 13.6. The van der Waals surface area contributed by atoms with E-state index >= 15 is 0 Å². The van der Waals surface area contributed by atoms with Crippen LogP contribution in [-0.2, 0) is 13.1 Å². The fourth-order valence-corrected chi connectivity index (χ4v) is 3.96. The number of aromatic nitrogens is 1. The number of hydrogen-bond donors (Lipinski definition) is 1. The van der Waals surface area contributed by atoms with E-state index in [2.05, 4.69) is 32.8 Å². The molecule has 1 N–H and O–H groups in total. The van der Waals surface area contributed by atoms with Crippen LogP contribution in [0.4, 0.5) is 5.13 Å². The Balaban J connectivity index is 1.90. The van der Waals surface area contributed by atoms with Crippen LogP contribution in [0.1, 0.15) is 32.1 Å². The minimum atomic E-state index is -0.175. The Hall–Kier alpha value is -2.82. The van der Waals surface area contributed by atoms with Crippen LogP contribution in [0, 0.1) is 18.3 Å². The molecular formula is C21H20N4OS2. The molecule has 0 aliphatic carbocycles. The quantitative estimate of drug-likeness (QED) is 0.581. The van der Waals surface area contributed by atoms with E-state index in [1.165, 1.54) is 28.8 Å². The van der Waals surface area contributed by atoms with Gasteiger partial charge in [-0.25, -0.2) is 4.98 Å². The molecule has 0 unspecified atom stereocenters. The molecule has 1 aromatic heterocycles. The molecule has 3 rings (SSSR count). The zero-order chi connectivity index (χ0) is 19.9. The highest BCUT2D eigenvalue weighted by Crippen LogP contribution is 2.28. The molecule has 0 bridgehead atoms. The van der Waals surface area contributed by atoms with Crippen molar-refractivity contribution in [2.75, 3.05) is 11.2 Å². The van der Waals surface area contributed by atoms with Crippen LogP contribution in [0.3, 0.4) is 0 Å². The van der Waals surface area contributed by atoms with Crippen molar-refractivity contribution < 1.29 is 4.79 Å². The Morgan fingerprint density at radius 2 is 1.79 bits per heavy atom. The number of nitrogens with one attached hydrogen (secondary N) is 1. The number of amides is 1. The van der Waals surface area contributed by atoms with Crippen LogP contribution in [0.5, 0.6) is 0 Å². The van der Waals surface area contributed by atoms with Gasteiger partial charge in [0.15, 0.2) is 5.13 Å². The topological polar surface area (TPSA) is 69.0 Å².